The first-order valence-corrected chi connectivity index (χ1v) is 9.64. The Labute approximate surface area is 151 Å². The van der Waals surface area contributed by atoms with Gasteiger partial charge in [-0.25, -0.2) is 9.78 Å². The van der Waals surface area contributed by atoms with Gasteiger partial charge in [0.25, 0.3) is 0 Å². The quantitative estimate of drug-likeness (QED) is 0.912. The van der Waals surface area contributed by atoms with E-state index in [9.17, 15) is 4.79 Å². The van der Waals surface area contributed by atoms with E-state index in [0.29, 0.717) is 12.6 Å². The van der Waals surface area contributed by atoms with Crippen LogP contribution >= 0.6 is 0 Å². The van der Waals surface area contributed by atoms with Crippen LogP contribution in [0, 0.1) is 0 Å². The van der Waals surface area contributed by atoms with Crippen LogP contribution in [-0.2, 0) is 12.0 Å². The molecule has 2 fully saturated rings. The predicted octanol–water partition coefficient (Wildman–Crippen LogP) is 3.13. The van der Waals surface area contributed by atoms with Gasteiger partial charge in [-0.2, -0.15) is 0 Å². The van der Waals surface area contributed by atoms with E-state index in [1.807, 2.05) is 4.90 Å². The second kappa shape index (κ2) is 7.77. The van der Waals surface area contributed by atoms with Crippen molar-refractivity contribution in [3.63, 3.8) is 0 Å². The normalized spacial score (nSPS) is 20.7. The molecule has 0 aromatic carbocycles. The number of hydrogen-bond donors (Lipinski definition) is 1. The van der Waals surface area contributed by atoms with Gasteiger partial charge >= 0.3 is 6.03 Å². The monoisotopic (exact) mass is 348 g/mol. The van der Waals surface area contributed by atoms with Crippen molar-refractivity contribution in [3.05, 3.63) is 17.8 Å². The van der Waals surface area contributed by atoms with Gasteiger partial charge in [-0.3, -0.25) is 4.90 Å². The molecule has 1 N–H and O–H groups in total. The first-order chi connectivity index (χ1) is 11.9. The zero-order chi connectivity index (χ0) is 17.9. The molecule has 2 amide bonds. The van der Waals surface area contributed by atoms with Crippen LogP contribution in [0.5, 0.6) is 0 Å². The van der Waals surface area contributed by atoms with Gasteiger partial charge in [0.2, 0.25) is 5.89 Å². The van der Waals surface area contributed by atoms with Gasteiger partial charge in [0.1, 0.15) is 6.26 Å². The second-order valence-corrected chi connectivity index (χ2v) is 8.42. The van der Waals surface area contributed by atoms with Crippen molar-refractivity contribution in [3.8, 4) is 0 Å². The Balaban J connectivity index is 1.43. The van der Waals surface area contributed by atoms with Crippen molar-refractivity contribution < 1.29 is 9.21 Å². The standard InChI is InChI=1S/C19H32N4O2/c1-19(2,3)16-14-25-17(21-16)13-22-9-11-23(12-10-22)18(24)20-15-7-5-4-6-8-15/h14-15H,4-13H2,1-3H3,(H,20,24). The van der Waals surface area contributed by atoms with Crippen LogP contribution in [-0.4, -0.2) is 53.0 Å². The first-order valence-electron chi connectivity index (χ1n) is 9.64. The minimum absolute atomic E-state index is 0.0116. The van der Waals surface area contributed by atoms with E-state index >= 15 is 0 Å². The van der Waals surface area contributed by atoms with E-state index in [1.54, 1.807) is 6.26 Å². The lowest BCUT2D eigenvalue weighted by atomic mass is 9.93. The van der Waals surface area contributed by atoms with Gasteiger partial charge in [-0.15, -0.1) is 0 Å². The Bertz CT molecular complexity index is 564. The summed E-state index contributed by atoms with van der Waals surface area (Å²) in [6.45, 7) is 10.4. The molecule has 0 atom stereocenters. The third-order valence-corrected chi connectivity index (χ3v) is 5.27. The number of piperazine rings is 1. The number of carbonyl (C=O) groups excluding carboxylic acids is 1. The van der Waals surface area contributed by atoms with Gasteiger partial charge in [0.05, 0.1) is 12.2 Å². The summed E-state index contributed by atoms with van der Waals surface area (Å²) in [5.41, 5.74) is 1.01. The highest BCUT2D eigenvalue weighted by Crippen LogP contribution is 2.22. The predicted molar refractivity (Wildman–Crippen MR) is 97.5 cm³/mol. The maximum absolute atomic E-state index is 12.4. The number of urea groups is 1. The van der Waals surface area contributed by atoms with E-state index in [4.69, 9.17) is 4.42 Å². The van der Waals surface area contributed by atoms with Crippen LogP contribution in [0.25, 0.3) is 0 Å². The molecular formula is C19H32N4O2. The number of carbonyl (C=O) groups is 1. The molecule has 1 saturated heterocycles. The zero-order valence-electron chi connectivity index (χ0n) is 15.9. The fourth-order valence-corrected chi connectivity index (χ4v) is 3.54. The Morgan fingerprint density at radius 3 is 2.48 bits per heavy atom. The molecule has 1 aromatic rings. The lowest BCUT2D eigenvalue weighted by Gasteiger charge is -2.35. The minimum Gasteiger partial charge on any atom is -0.447 e. The maximum Gasteiger partial charge on any atom is 0.317 e. The zero-order valence-corrected chi connectivity index (χ0v) is 15.9. The highest BCUT2D eigenvalue weighted by molar-refractivity contribution is 5.74. The number of aromatic nitrogens is 1. The van der Waals surface area contributed by atoms with Crippen molar-refractivity contribution in [2.24, 2.45) is 0 Å². The fraction of sp³-hybridized carbons (Fsp3) is 0.789. The summed E-state index contributed by atoms with van der Waals surface area (Å²) in [7, 11) is 0. The number of nitrogens with zero attached hydrogens (tertiary/aromatic N) is 3. The molecule has 2 aliphatic rings. The summed E-state index contributed by atoms with van der Waals surface area (Å²) in [6, 6.07) is 0.486. The molecule has 6 heteroatoms. The number of oxazole rings is 1. The summed E-state index contributed by atoms with van der Waals surface area (Å²) in [5, 5.41) is 3.21. The van der Waals surface area contributed by atoms with E-state index in [-0.39, 0.29) is 11.4 Å². The van der Waals surface area contributed by atoms with Crippen LogP contribution in [0.3, 0.4) is 0 Å². The van der Waals surface area contributed by atoms with E-state index < -0.39 is 0 Å². The summed E-state index contributed by atoms with van der Waals surface area (Å²) in [6.07, 6.45) is 7.82. The Morgan fingerprint density at radius 1 is 1.20 bits per heavy atom. The third-order valence-electron chi connectivity index (χ3n) is 5.27. The van der Waals surface area contributed by atoms with Crippen LogP contribution < -0.4 is 5.32 Å². The molecule has 1 aromatic heterocycles. The first kappa shape index (κ1) is 18.2. The smallest absolute Gasteiger partial charge is 0.317 e. The van der Waals surface area contributed by atoms with Gasteiger partial charge in [0, 0.05) is 37.6 Å². The second-order valence-electron chi connectivity index (χ2n) is 8.42. The van der Waals surface area contributed by atoms with Crippen molar-refractivity contribution in [1.29, 1.82) is 0 Å². The summed E-state index contributed by atoms with van der Waals surface area (Å²) < 4.78 is 5.62. The minimum atomic E-state index is 0.0116. The van der Waals surface area contributed by atoms with E-state index in [1.165, 1.54) is 19.3 Å². The maximum atomic E-state index is 12.4. The van der Waals surface area contributed by atoms with Crippen LogP contribution in [0.1, 0.15) is 64.5 Å². The summed E-state index contributed by atoms with van der Waals surface area (Å²) >= 11 is 0. The van der Waals surface area contributed by atoms with Gasteiger partial charge in [-0.05, 0) is 12.8 Å². The Kier molecular flexibility index (Phi) is 5.67. The molecule has 2 heterocycles. The number of amides is 2. The fourth-order valence-electron chi connectivity index (χ4n) is 3.54. The molecule has 0 spiro atoms. The third kappa shape index (κ3) is 4.97. The summed E-state index contributed by atoms with van der Waals surface area (Å²) in [5.74, 6) is 0.769. The molecule has 3 rings (SSSR count). The largest absolute Gasteiger partial charge is 0.447 e. The van der Waals surface area contributed by atoms with Crippen LogP contribution in [0.2, 0.25) is 0 Å². The SMILES string of the molecule is CC(C)(C)c1coc(CN2CCN(C(=O)NC3CCCCC3)CC2)n1. The molecule has 0 unspecified atom stereocenters. The molecule has 25 heavy (non-hydrogen) atoms. The van der Waals surface area contributed by atoms with Gasteiger partial charge in [0.15, 0.2) is 0 Å². The molecule has 1 aliphatic heterocycles. The van der Waals surface area contributed by atoms with Gasteiger partial charge in [-0.1, -0.05) is 40.0 Å². The van der Waals surface area contributed by atoms with Crippen molar-refractivity contribution >= 4 is 6.03 Å². The molecule has 6 nitrogen and oxygen atoms in total. The van der Waals surface area contributed by atoms with E-state index in [2.05, 4.69) is 36.0 Å². The topological polar surface area (TPSA) is 61.6 Å². The van der Waals surface area contributed by atoms with Gasteiger partial charge < -0.3 is 14.6 Å². The molecule has 1 saturated carbocycles. The van der Waals surface area contributed by atoms with Crippen LogP contribution in [0.15, 0.2) is 10.7 Å². The van der Waals surface area contributed by atoms with Crippen molar-refractivity contribution in [2.45, 2.75) is 70.9 Å². The Morgan fingerprint density at radius 2 is 1.88 bits per heavy atom. The highest BCUT2D eigenvalue weighted by atomic mass is 16.3. The lowest BCUT2D eigenvalue weighted by molar-refractivity contribution is 0.126. The number of hydrogen-bond acceptors (Lipinski definition) is 4. The highest BCUT2D eigenvalue weighted by Gasteiger charge is 2.25. The van der Waals surface area contributed by atoms with Crippen molar-refractivity contribution in [2.75, 3.05) is 26.2 Å². The number of rotatable bonds is 3. The summed E-state index contributed by atoms with van der Waals surface area (Å²) in [4.78, 5) is 21.3. The average molecular weight is 348 g/mol. The lowest BCUT2D eigenvalue weighted by Crippen LogP contribution is -2.53. The average Bonchev–Trinajstić information content (AvgIpc) is 3.05. The molecular weight excluding hydrogens is 316 g/mol. The van der Waals surface area contributed by atoms with Crippen LogP contribution in [0.4, 0.5) is 4.79 Å². The molecule has 140 valence electrons. The molecule has 0 bridgehead atoms. The molecule has 0 radical (unpaired) electrons. The molecule has 1 aliphatic carbocycles. The Hall–Kier alpha value is -1.56. The van der Waals surface area contributed by atoms with E-state index in [0.717, 1.165) is 50.6 Å². The van der Waals surface area contributed by atoms with Crippen molar-refractivity contribution in [1.82, 2.24) is 20.1 Å². The number of nitrogens with one attached hydrogen (secondary N) is 1.